The molecule has 130 valence electrons. The summed E-state index contributed by atoms with van der Waals surface area (Å²) in [5, 5.41) is 22.0. The summed E-state index contributed by atoms with van der Waals surface area (Å²) in [5.41, 5.74) is 4.85. The molecule has 0 bridgehead atoms. The fraction of sp³-hybridized carbons (Fsp3) is 0.455. The Labute approximate surface area is 146 Å². The molecular weight excluding hydrogens is 296 g/mol. The quantitative estimate of drug-likeness (QED) is 0.677. The number of hydrogen-bond acceptors (Lipinski definition) is 2. The molecule has 2 heteroatoms. The van der Waals surface area contributed by atoms with Gasteiger partial charge in [-0.1, -0.05) is 65.8 Å². The third kappa shape index (κ3) is 3.15. The fourth-order valence-corrected chi connectivity index (χ4v) is 3.23. The molecule has 0 aliphatic heterocycles. The number of phenolic OH excluding ortho intramolecular Hbond substituents is 2. The maximum atomic E-state index is 11.0. The zero-order valence-electron chi connectivity index (χ0n) is 16.2. The molecule has 0 atom stereocenters. The van der Waals surface area contributed by atoms with Gasteiger partial charge in [-0.2, -0.15) is 0 Å². The number of phenols is 2. The monoisotopic (exact) mass is 326 g/mol. The van der Waals surface area contributed by atoms with Crippen LogP contribution in [-0.4, -0.2) is 10.2 Å². The molecule has 2 N–H and O–H groups in total. The Morgan fingerprint density at radius 1 is 0.583 bits per heavy atom. The first kappa shape index (κ1) is 18.4. The van der Waals surface area contributed by atoms with Crippen LogP contribution in [0, 0.1) is 13.8 Å². The van der Waals surface area contributed by atoms with E-state index in [1.165, 1.54) is 0 Å². The van der Waals surface area contributed by atoms with Crippen molar-refractivity contribution in [2.24, 2.45) is 0 Å². The molecule has 0 aliphatic rings. The summed E-state index contributed by atoms with van der Waals surface area (Å²) in [6.45, 7) is 16.4. The van der Waals surface area contributed by atoms with E-state index in [0.717, 1.165) is 33.4 Å². The lowest BCUT2D eigenvalue weighted by Gasteiger charge is -2.26. The Morgan fingerprint density at radius 2 is 0.875 bits per heavy atom. The van der Waals surface area contributed by atoms with Gasteiger partial charge in [0.05, 0.1) is 0 Å². The number of aryl methyl sites for hydroxylation is 2. The Morgan fingerprint density at radius 3 is 1.12 bits per heavy atom. The molecule has 2 nitrogen and oxygen atoms in total. The lowest BCUT2D eigenvalue weighted by Crippen LogP contribution is -2.13. The van der Waals surface area contributed by atoms with Crippen LogP contribution in [0.1, 0.15) is 63.8 Å². The minimum Gasteiger partial charge on any atom is -0.507 e. The second-order valence-electron chi connectivity index (χ2n) is 8.81. The van der Waals surface area contributed by atoms with Gasteiger partial charge in [-0.05, 0) is 46.9 Å². The molecule has 0 saturated heterocycles. The van der Waals surface area contributed by atoms with Crippen molar-refractivity contribution in [1.82, 2.24) is 0 Å². The second kappa shape index (κ2) is 5.84. The molecule has 0 amide bonds. The first-order chi connectivity index (χ1) is 10.9. The van der Waals surface area contributed by atoms with E-state index in [-0.39, 0.29) is 22.3 Å². The summed E-state index contributed by atoms with van der Waals surface area (Å²) in [6, 6.07) is 8.01. The normalized spacial score (nSPS) is 12.5. The molecule has 0 saturated carbocycles. The highest BCUT2D eigenvalue weighted by molar-refractivity contribution is 5.83. The van der Waals surface area contributed by atoms with Gasteiger partial charge in [-0.15, -0.1) is 0 Å². The summed E-state index contributed by atoms with van der Waals surface area (Å²) in [7, 11) is 0. The molecule has 0 heterocycles. The molecule has 2 aromatic carbocycles. The van der Waals surface area contributed by atoms with Gasteiger partial charge in [0.1, 0.15) is 11.5 Å². The van der Waals surface area contributed by atoms with Crippen LogP contribution in [0.15, 0.2) is 24.3 Å². The van der Waals surface area contributed by atoms with E-state index in [1.54, 1.807) is 0 Å². The molecule has 2 rings (SSSR count). The van der Waals surface area contributed by atoms with Crippen molar-refractivity contribution in [3.63, 3.8) is 0 Å². The molecular formula is C22H30O2. The van der Waals surface area contributed by atoms with Crippen molar-refractivity contribution in [1.29, 1.82) is 0 Å². The Balaban J connectivity index is 2.88. The number of rotatable bonds is 1. The summed E-state index contributed by atoms with van der Waals surface area (Å²) in [4.78, 5) is 0. The van der Waals surface area contributed by atoms with Gasteiger partial charge in [0.15, 0.2) is 0 Å². The van der Waals surface area contributed by atoms with Crippen molar-refractivity contribution in [3.05, 3.63) is 46.5 Å². The van der Waals surface area contributed by atoms with Gasteiger partial charge in [0.25, 0.3) is 0 Å². The van der Waals surface area contributed by atoms with Crippen molar-refractivity contribution in [2.75, 3.05) is 0 Å². The average Bonchev–Trinajstić information content (AvgIpc) is 2.38. The van der Waals surface area contributed by atoms with E-state index in [1.807, 2.05) is 38.1 Å². The van der Waals surface area contributed by atoms with Crippen LogP contribution >= 0.6 is 0 Å². The van der Waals surface area contributed by atoms with E-state index >= 15 is 0 Å². The lowest BCUT2D eigenvalue weighted by atomic mass is 9.80. The van der Waals surface area contributed by atoms with Crippen molar-refractivity contribution >= 4 is 0 Å². The lowest BCUT2D eigenvalue weighted by molar-refractivity contribution is 0.440. The summed E-state index contributed by atoms with van der Waals surface area (Å²) in [5.74, 6) is 0.541. The summed E-state index contributed by atoms with van der Waals surface area (Å²) < 4.78 is 0. The van der Waals surface area contributed by atoms with Gasteiger partial charge in [0, 0.05) is 11.1 Å². The topological polar surface area (TPSA) is 40.5 Å². The third-order valence-corrected chi connectivity index (χ3v) is 4.64. The van der Waals surface area contributed by atoms with Gasteiger partial charge < -0.3 is 10.2 Å². The van der Waals surface area contributed by atoms with Gasteiger partial charge in [0.2, 0.25) is 0 Å². The van der Waals surface area contributed by atoms with Crippen LogP contribution < -0.4 is 0 Å². The van der Waals surface area contributed by atoms with Crippen molar-refractivity contribution in [2.45, 2.75) is 66.2 Å². The van der Waals surface area contributed by atoms with Crippen LogP contribution in [0.2, 0.25) is 0 Å². The molecule has 0 fully saturated rings. The van der Waals surface area contributed by atoms with Crippen LogP contribution in [-0.2, 0) is 10.8 Å². The summed E-state index contributed by atoms with van der Waals surface area (Å²) in [6.07, 6.45) is 0. The van der Waals surface area contributed by atoms with Crippen LogP contribution in [0.3, 0.4) is 0 Å². The van der Waals surface area contributed by atoms with E-state index in [9.17, 15) is 10.2 Å². The van der Waals surface area contributed by atoms with Gasteiger partial charge >= 0.3 is 0 Å². The SMILES string of the molecule is Cc1ccc(C(C)(C)C)c(O)c1-c1c(C)ccc(C(C)(C)C)c1O. The minimum atomic E-state index is -0.169. The second-order valence-corrected chi connectivity index (χ2v) is 8.81. The van der Waals surface area contributed by atoms with E-state index in [0.29, 0.717) is 0 Å². The highest BCUT2D eigenvalue weighted by atomic mass is 16.3. The zero-order chi connectivity index (χ0) is 18.4. The number of aromatic hydroxyl groups is 2. The molecule has 0 aromatic heterocycles. The fourth-order valence-electron chi connectivity index (χ4n) is 3.23. The zero-order valence-corrected chi connectivity index (χ0v) is 16.2. The van der Waals surface area contributed by atoms with Crippen LogP contribution in [0.25, 0.3) is 11.1 Å². The van der Waals surface area contributed by atoms with E-state index in [2.05, 4.69) is 41.5 Å². The Bertz CT molecular complexity index is 705. The average molecular weight is 326 g/mol. The van der Waals surface area contributed by atoms with Gasteiger partial charge in [-0.3, -0.25) is 0 Å². The van der Waals surface area contributed by atoms with E-state index in [4.69, 9.17) is 0 Å². The smallest absolute Gasteiger partial charge is 0.127 e. The van der Waals surface area contributed by atoms with Crippen LogP contribution in [0.4, 0.5) is 0 Å². The predicted octanol–water partition coefficient (Wildman–Crippen LogP) is 5.98. The molecule has 0 spiro atoms. The first-order valence-electron chi connectivity index (χ1n) is 8.52. The molecule has 0 unspecified atom stereocenters. The standard InChI is InChI=1S/C22H30O2/c1-13-9-11-15(21(3,4)5)19(23)17(13)18-14(2)10-12-16(20(18)24)22(6,7)8/h9-12,23-24H,1-8H3. The molecule has 24 heavy (non-hydrogen) atoms. The third-order valence-electron chi connectivity index (χ3n) is 4.64. The maximum Gasteiger partial charge on any atom is 0.127 e. The van der Waals surface area contributed by atoms with Crippen LogP contribution in [0.5, 0.6) is 11.5 Å². The first-order valence-corrected chi connectivity index (χ1v) is 8.52. The molecule has 0 aliphatic carbocycles. The van der Waals surface area contributed by atoms with Gasteiger partial charge in [-0.25, -0.2) is 0 Å². The molecule has 2 aromatic rings. The number of benzene rings is 2. The summed E-state index contributed by atoms with van der Waals surface area (Å²) >= 11 is 0. The Hall–Kier alpha value is -1.96. The number of hydrogen-bond donors (Lipinski definition) is 2. The van der Waals surface area contributed by atoms with Crippen molar-refractivity contribution < 1.29 is 10.2 Å². The highest BCUT2D eigenvalue weighted by Gasteiger charge is 2.27. The largest absolute Gasteiger partial charge is 0.507 e. The predicted molar refractivity (Wildman–Crippen MR) is 102 cm³/mol. The maximum absolute atomic E-state index is 11.0. The van der Waals surface area contributed by atoms with E-state index < -0.39 is 0 Å². The highest BCUT2D eigenvalue weighted by Crippen LogP contribution is 2.47. The van der Waals surface area contributed by atoms with Crippen molar-refractivity contribution in [3.8, 4) is 22.6 Å². The Kier molecular flexibility index (Phi) is 4.47. The minimum absolute atomic E-state index is 0.169. The molecule has 0 radical (unpaired) electrons.